The van der Waals surface area contributed by atoms with Crippen LogP contribution in [0.25, 0.3) is 0 Å². The summed E-state index contributed by atoms with van der Waals surface area (Å²) in [5.74, 6) is 0.826. The highest BCUT2D eigenvalue weighted by Crippen LogP contribution is 2.19. The number of nitrogens with zero attached hydrogens (tertiary/aromatic N) is 1. The number of halogens is 2. The van der Waals surface area contributed by atoms with Gasteiger partial charge in [0.05, 0.1) is 5.02 Å². The van der Waals surface area contributed by atoms with Crippen molar-refractivity contribution in [2.45, 2.75) is 26.2 Å². The maximum atomic E-state index is 12.0. The van der Waals surface area contributed by atoms with Gasteiger partial charge in [0.15, 0.2) is 0 Å². The first-order chi connectivity index (χ1) is 10.1. The van der Waals surface area contributed by atoms with Crippen LogP contribution in [-0.4, -0.2) is 37.0 Å². The number of carbonyl (C=O) groups is 1. The van der Waals surface area contributed by atoms with Crippen LogP contribution in [0.15, 0.2) is 18.2 Å². The highest BCUT2D eigenvalue weighted by molar-refractivity contribution is 14.1. The molecule has 1 heterocycles. The number of likely N-dealkylation sites (tertiary alicyclic amines) is 1. The Kier molecular flexibility index (Phi) is 6.76. The molecular formula is C16H22ClIN2O. The lowest BCUT2D eigenvalue weighted by Crippen LogP contribution is -2.35. The predicted octanol–water partition coefficient (Wildman–Crippen LogP) is 3.80. The van der Waals surface area contributed by atoms with Crippen molar-refractivity contribution in [2.24, 2.45) is 5.92 Å². The second kappa shape index (κ2) is 8.34. The van der Waals surface area contributed by atoms with Crippen molar-refractivity contribution < 1.29 is 4.79 Å². The summed E-state index contributed by atoms with van der Waals surface area (Å²) in [7, 11) is 0. The molecule has 1 aromatic carbocycles. The minimum atomic E-state index is -0.0411. The van der Waals surface area contributed by atoms with Gasteiger partial charge in [-0.25, -0.2) is 0 Å². The molecule has 116 valence electrons. The van der Waals surface area contributed by atoms with E-state index in [4.69, 9.17) is 11.6 Å². The molecule has 0 atom stereocenters. The molecule has 3 nitrogen and oxygen atoms in total. The van der Waals surface area contributed by atoms with Crippen molar-refractivity contribution in [1.29, 1.82) is 0 Å². The Morgan fingerprint density at radius 3 is 2.81 bits per heavy atom. The van der Waals surface area contributed by atoms with E-state index in [0.29, 0.717) is 17.1 Å². The summed E-state index contributed by atoms with van der Waals surface area (Å²) in [5.41, 5.74) is 0.632. The molecule has 1 amide bonds. The fourth-order valence-electron chi connectivity index (χ4n) is 2.53. The van der Waals surface area contributed by atoms with E-state index < -0.39 is 0 Å². The minimum Gasteiger partial charge on any atom is -0.352 e. The quantitative estimate of drug-likeness (QED) is 0.580. The van der Waals surface area contributed by atoms with Gasteiger partial charge < -0.3 is 10.2 Å². The Morgan fingerprint density at radius 2 is 2.14 bits per heavy atom. The number of benzene rings is 1. The molecule has 0 aliphatic carbocycles. The molecule has 0 radical (unpaired) electrons. The largest absolute Gasteiger partial charge is 0.352 e. The third kappa shape index (κ3) is 5.42. The lowest BCUT2D eigenvalue weighted by molar-refractivity contribution is 0.0950. The van der Waals surface area contributed by atoms with Gasteiger partial charge in [-0.05, 0) is 85.6 Å². The molecule has 0 unspecified atom stereocenters. The van der Waals surface area contributed by atoms with E-state index in [1.54, 1.807) is 6.07 Å². The Morgan fingerprint density at radius 1 is 1.43 bits per heavy atom. The number of piperidine rings is 1. The summed E-state index contributed by atoms with van der Waals surface area (Å²) in [6, 6.07) is 5.41. The van der Waals surface area contributed by atoms with Gasteiger partial charge in [-0.1, -0.05) is 18.5 Å². The van der Waals surface area contributed by atoms with E-state index in [1.807, 2.05) is 12.1 Å². The predicted molar refractivity (Wildman–Crippen MR) is 96.0 cm³/mol. The molecule has 1 aliphatic rings. The van der Waals surface area contributed by atoms with Crippen molar-refractivity contribution in [3.63, 3.8) is 0 Å². The Bertz CT molecular complexity index is 487. The van der Waals surface area contributed by atoms with E-state index in [-0.39, 0.29) is 5.91 Å². The highest BCUT2D eigenvalue weighted by Gasteiger charge is 2.15. The molecule has 0 bridgehead atoms. The first-order valence-electron chi connectivity index (χ1n) is 7.52. The van der Waals surface area contributed by atoms with Gasteiger partial charge in [0.25, 0.3) is 5.91 Å². The van der Waals surface area contributed by atoms with Gasteiger partial charge >= 0.3 is 0 Å². The van der Waals surface area contributed by atoms with Gasteiger partial charge in [-0.15, -0.1) is 0 Å². The lowest BCUT2D eigenvalue weighted by Gasteiger charge is -2.30. The van der Waals surface area contributed by atoms with E-state index >= 15 is 0 Å². The van der Waals surface area contributed by atoms with Gasteiger partial charge in [-0.2, -0.15) is 0 Å². The molecule has 0 saturated carbocycles. The highest BCUT2D eigenvalue weighted by atomic mass is 127. The maximum absolute atomic E-state index is 12.0. The molecular weight excluding hydrogens is 399 g/mol. The van der Waals surface area contributed by atoms with Crippen molar-refractivity contribution in [3.8, 4) is 0 Å². The summed E-state index contributed by atoms with van der Waals surface area (Å²) in [5, 5.41) is 3.60. The van der Waals surface area contributed by atoms with Crippen LogP contribution in [0.4, 0.5) is 0 Å². The molecule has 2 rings (SSSR count). The molecule has 0 spiro atoms. The van der Waals surface area contributed by atoms with Gasteiger partial charge in [-0.3, -0.25) is 4.79 Å². The first kappa shape index (κ1) is 17.0. The molecule has 21 heavy (non-hydrogen) atoms. The monoisotopic (exact) mass is 420 g/mol. The van der Waals surface area contributed by atoms with Crippen LogP contribution in [0.5, 0.6) is 0 Å². The molecule has 1 fully saturated rings. The summed E-state index contributed by atoms with van der Waals surface area (Å²) < 4.78 is 0.963. The van der Waals surface area contributed by atoms with Crippen LogP contribution >= 0.6 is 34.2 Å². The SMILES string of the molecule is CC1CCN(CCCNC(=O)c2ccc(I)c(Cl)c2)CC1. The Labute approximate surface area is 145 Å². The fourth-order valence-corrected chi connectivity index (χ4v) is 3.05. The summed E-state index contributed by atoms with van der Waals surface area (Å²) in [6.07, 6.45) is 3.60. The topological polar surface area (TPSA) is 32.3 Å². The zero-order chi connectivity index (χ0) is 15.2. The summed E-state index contributed by atoms with van der Waals surface area (Å²) in [6.45, 7) is 6.50. The molecule has 5 heteroatoms. The zero-order valence-electron chi connectivity index (χ0n) is 12.4. The van der Waals surface area contributed by atoms with Crippen molar-refractivity contribution in [3.05, 3.63) is 32.4 Å². The van der Waals surface area contributed by atoms with Crippen LogP contribution < -0.4 is 5.32 Å². The smallest absolute Gasteiger partial charge is 0.251 e. The second-order valence-electron chi connectivity index (χ2n) is 5.76. The Balaban J connectivity index is 1.68. The molecule has 1 saturated heterocycles. The first-order valence-corrected chi connectivity index (χ1v) is 8.97. The van der Waals surface area contributed by atoms with Crippen LogP contribution in [0.2, 0.25) is 5.02 Å². The summed E-state index contributed by atoms with van der Waals surface area (Å²) >= 11 is 8.19. The second-order valence-corrected chi connectivity index (χ2v) is 7.33. The lowest BCUT2D eigenvalue weighted by atomic mass is 9.99. The maximum Gasteiger partial charge on any atom is 0.251 e. The number of carbonyl (C=O) groups excluding carboxylic acids is 1. The fraction of sp³-hybridized carbons (Fsp3) is 0.562. The van der Waals surface area contributed by atoms with Crippen molar-refractivity contribution in [2.75, 3.05) is 26.2 Å². The number of hydrogen-bond donors (Lipinski definition) is 1. The number of nitrogens with one attached hydrogen (secondary N) is 1. The van der Waals surface area contributed by atoms with Gasteiger partial charge in [0, 0.05) is 15.7 Å². The van der Waals surface area contributed by atoms with Gasteiger partial charge in [0.2, 0.25) is 0 Å². The van der Waals surface area contributed by atoms with Crippen LogP contribution in [0.3, 0.4) is 0 Å². The number of amides is 1. The van der Waals surface area contributed by atoms with E-state index in [9.17, 15) is 4.79 Å². The van der Waals surface area contributed by atoms with Crippen LogP contribution in [0.1, 0.15) is 36.5 Å². The minimum absolute atomic E-state index is 0.0411. The normalized spacial score (nSPS) is 16.9. The Hall–Kier alpha value is -0.330. The average Bonchev–Trinajstić information content (AvgIpc) is 2.48. The van der Waals surface area contributed by atoms with Crippen molar-refractivity contribution >= 4 is 40.1 Å². The number of hydrogen-bond acceptors (Lipinski definition) is 2. The van der Waals surface area contributed by atoms with E-state index in [2.05, 4.69) is 39.7 Å². The van der Waals surface area contributed by atoms with Crippen LogP contribution in [-0.2, 0) is 0 Å². The van der Waals surface area contributed by atoms with Gasteiger partial charge in [0.1, 0.15) is 0 Å². The zero-order valence-corrected chi connectivity index (χ0v) is 15.3. The van der Waals surface area contributed by atoms with E-state index in [0.717, 1.165) is 22.5 Å². The van der Waals surface area contributed by atoms with Crippen LogP contribution in [0, 0.1) is 9.49 Å². The third-order valence-corrected chi connectivity index (χ3v) is 5.57. The van der Waals surface area contributed by atoms with Crippen molar-refractivity contribution in [1.82, 2.24) is 10.2 Å². The molecule has 1 N–H and O–H groups in total. The standard InChI is InChI=1S/C16H22ClIN2O/c1-12-5-9-20(10-6-12)8-2-7-19-16(21)13-3-4-15(18)14(17)11-13/h3-4,11-12H,2,5-10H2,1H3,(H,19,21). The third-order valence-electron chi connectivity index (χ3n) is 3.99. The number of rotatable bonds is 5. The van der Waals surface area contributed by atoms with E-state index in [1.165, 1.54) is 25.9 Å². The molecule has 0 aromatic heterocycles. The molecule has 1 aromatic rings. The molecule has 1 aliphatic heterocycles. The average molecular weight is 421 g/mol. The summed E-state index contributed by atoms with van der Waals surface area (Å²) in [4.78, 5) is 14.5.